The van der Waals surface area contributed by atoms with Crippen LogP contribution in [0.1, 0.15) is 21.5 Å². The van der Waals surface area contributed by atoms with Crippen LogP contribution in [0.3, 0.4) is 0 Å². The van der Waals surface area contributed by atoms with Gasteiger partial charge in [-0.25, -0.2) is 13.2 Å². The molecule has 1 aliphatic rings. The second-order valence-electron chi connectivity index (χ2n) is 8.12. The molecule has 1 aliphatic heterocycles. The van der Waals surface area contributed by atoms with Gasteiger partial charge in [0, 0.05) is 6.54 Å². The van der Waals surface area contributed by atoms with Crippen LogP contribution in [0.2, 0.25) is 0 Å². The van der Waals surface area contributed by atoms with Crippen molar-refractivity contribution in [3.63, 3.8) is 0 Å². The maximum Gasteiger partial charge on any atom is 0.338 e. The summed E-state index contributed by atoms with van der Waals surface area (Å²) in [6, 6.07) is 30.1. The molecule has 6 nitrogen and oxygen atoms in total. The number of esters is 1. The summed E-state index contributed by atoms with van der Waals surface area (Å²) in [5.41, 5.74) is 2.60. The van der Waals surface area contributed by atoms with Gasteiger partial charge in [-0.1, -0.05) is 54.6 Å². The van der Waals surface area contributed by atoms with E-state index in [-0.39, 0.29) is 17.1 Å². The summed E-state index contributed by atoms with van der Waals surface area (Å²) in [5.74, 6) is 0.738. The van der Waals surface area contributed by atoms with Crippen LogP contribution >= 0.6 is 0 Å². The van der Waals surface area contributed by atoms with E-state index in [2.05, 4.69) is 0 Å². The standard InChI is InChI=1S/C28H23NO5S/c30-28(33-20-21-8-6-13-25(18-21)34-24-11-2-1-3-12-24)23-10-7-14-26(19-23)35(31,32)29-17-16-22-9-4-5-15-27(22)29/h1-15,18-19H,16-17,20H2. The Morgan fingerprint density at radius 3 is 2.40 bits per heavy atom. The lowest BCUT2D eigenvalue weighted by Gasteiger charge is -2.19. The first-order valence-electron chi connectivity index (χ1n) is 11.2. The van der Waals surface area contributed by atoms with Crippen LogP contribution in [0.5, 0.6) is 11.5 Å². The summed E-state index contributed by atoms with van der Waals surface area (Å²) in [6.45, 7) is 0.402. The summed E-state index contributed by atoms with van der Waals surface area (Å²) in [5, 5.41) is 0. The van der Waals surface area contributed by atoms with E-state index in [0.717, 1.165) is 11.1 Å². The van der Waals surface area contributed by atoms with Gasteiger partial charge in [-0.05, 0) is 66.1 Å². The highest BCUT2D eigenvalue weighted by molar-refractivity contribution is 7.92. The van der Waals surface area contributed by atoms with Gasteiger partial charge < -0.3 is 9.47 Å². The molecular weight excluding hydrogens is 462 g/mol. The number of benzene rings is 4. The first-order valence-corrected chi connectivity index (χ1v) is 12.6. The Morgan fingerprint density at radius 1 is 0.800 bits per heavy atom. The highest BCUT2D eigenvalue weighted by atomic mass is 32.2. The monoisotopic (exact) mass is 485 g/mol. The molecule has 0 N–H and O–H groups in total. The van der Waals surface area contributed by atoms with Crippen molar-refractivity contribution in [2.45, 2.75) is 17.9 Å². The number of para-hydroxylation sites is 2. The number of hydrogen-bond acceptors (Lipinski definition) is 5. The number of nitrogens with zero attached hydrogens (tertiary/aromatic N) is 1. The second kappa shape index (κ2) is 9.64. The smallest absolute Gasteiger partial charge is 0.338 e. The van der Waals surface area contributed by atoms with Crippen LogP contribution < -0.4 is 9.04 Å². The molecule has 0 spiro atoms. The molecule has 0 unspecified atom stereocenters. The van der Waals surface area contributed by atoms with Crippen molar-refractivity contribution >= 4 is 21.7 Å². The second-order valence-corrected chi connectivity index (χ2v) is 9.98. The molecule has 0 aromatic heterocycles. The van der Waals surface area contributed by atoms with E-state index in [1.54, 1.807) is 24.3 Å². The van der Waals surface area contributed by atoms with E-state index in [9.17, 15) is 13.2 Å². The van der Waals surface area contributed by atoms with Crippen molar-refractivity contribution < 1.29 is 22.7 Å². The Labute approximate surface area is 204 Å². The number of sulfonamides is 1. The molecule has 7 heteroatoms. The predicted molar refractivity (Wildman–Crippen MR) is 133 cm³/mol. The van der Waals surface area contributed by atoms with E-state index >= 15 is 0 Å². The summed E-state index contributed by atoms with van der Waals surface area (Å²) >= 11 is 0. The van der Waals surface area contributed by atoms with Gasteiger partial charge in [-0.2, -0.15) is 0 Å². The molecule has 4 aromatic rings. The van der Waals surface area contributed by atoms with Crippen molar-refractivity contribution in [1.29, 1.82) is 0 Å². The van der Waals surface area contributed by atoms with Gasteiger partial charge >= 0.3 is 5.97 Å². The molecule has 0 bridgehead atoms. The van der Waals surface area contributed by atoms with Crippen molar-refractivity contribution in [3.8, 4) is 11.5 Å². The average molecular weight is 486 g/mol. The van der Waals surface area contributed by atoms with Crippen LogP contribution in [0.15, 0.2) is 108 Å². The highest BCUT2D eigenvalue weighted by Gasteiger charge is 2.31. The highest BCUT2D eigenvalue weighted by Crippen LogP contribution is 2.33. The fraction of sp³-hybridized carbons (Fsp3) is 0.107. The van der Waals surface area contributed by atoms with E-state index in [0.29, 0.717) is 30.2 Å². The number of ether oxygens (including phenoxy) is 2. The molecule has 0 amide bonds. The molecule has 1 heterocycles. The van der Waals surface area contributed by atoms with Crippen LogP contribution in [0.4, 0.5) is 5.69 Å². The molecule has 0 aliphatic carbocycles. The third-order valence-corrected chi connectivity index (χ3v) is 7.56. The largest absolute Gasteiger partial charge is 0.457 e. The van der Waals surface area contributed by atoms with Crippen LogP contribution in [-0.4, -0.2) is 20.9 Å². The fourth-order valence-electron chi connectivity index (χ4n) is 4.02. The minimum absolute atomic E-state index is 0.0291. The minimum atomic E-state index is -3.80. The third kappa shape index (κ3) is 4.90. The molecule has 4 aromatic carbocycles. The number of rotatable bonds is 7. The summed E-state index contributed by atoms with van der Waals surface area (Å²) in [7, 11) is -3.80. The van der Waals surface area contributed by atoms with E-state index in [1.807, 2.05) is 66.7 Å². The Morgan fingerprint density at radius 2 is 1.54 bits per heavy atom. The molecular formula is C28H23NO5S. The Kier molecular flexibility index (Phi) is 6.25. The minimum Gasteiger partial charge on any atom is -0.457 e. The molecule has 0 atom stereocenters. The number of hydrogen-bond donors (Lipinski definition) is 0. The molecule has 0 radical (unpaired) electrons. The Balaban J connectivity index is 1.28. The number of fused-ring (bicyclic) bond motifs is 1. The molecule has 35 heavy (non-hydrogen) atoms. The van der Waals surface area contributed by atoms with Crippen LogP contribution in [0, 0.1) is 0 Å². The van der Waals surface area contributed by atoms with Crippen molar-refractivity contribution in [3.05, 3.63) is 120 Å². The first-order chi connectivity index (χ1) is 17.0. The van der Waals surface area contributed by atoms with E-state index in [1.165, 1.54) is 16.4 Å². The quantitative estimate of drug-likeness (QED) is 0.319. The zero-order chi connectivity index (χ0) is 24.3. The van der Waals surface area contributed by atoms with Gasteiger partial charge in [-0.15, -0.1) is 0 Å². The summed E-state index contributed by atoms with van der Waals surface area (Å²) in [4.78, 5) is 12.8. The maximum absolute atomic E-state index is 13.3. The van der Waals surface area contributed by atoms with Gasteiger partial charge in [0.15, 0.2) is 0 Å². The lowest BCUT2D eigenvalue weighted by atomic mass is 10.2. The molecule has 0 saturated carbocycles. The van der Waals surface area contributed by atoms with Gasteiger partial charge in [-0.3, -0.25) is 4.31 Å². The van der Waals surface area contributed by atoms with Gasteiger partial charge in [0.1, 0.15) is 18.1 Å². The lowest BCUT2D eigenvalue weighted by molar-refractivity contribution is 0.0472. The van der Waals surface area contributed by atoms with E-state index in [4.69, 9.17) is 9.47 Å². The molecule has 5 rings (SSSR count). The first kappa shape index (κ1) is 22.7. The van der Waals surface area contributed by atoms with E-state index < -0.39 is 16.0 Å². The number of anilines is 1. The topological polar surface area (TPSA) is 72.9 Å². The van der Waals surface area contributed by atoms with Gasteiger partial charge in [0.05, 0.1) is 16.1 Å². The van der Waals surface area contributed by atoms with Crippen molar-refractivity contribution in [2.75, 3.05) is 10.8 Å². The maximum atomic E-state index is 13.3. The summed E-state index contributed by atoms with van der Waals surface area (Å²) in [6.07, 6.45) is 0.657. The number of carbonyl (C=O) groups is 1. The van der Waals surface area contributed by atoms with Gasteiger partial charge in [0.2, 0.25) is 0 Å². The summed E-state index contributed by atoms with van der Waals surface area (Å²) < 4.78 is 39.3. The molecule has 0 fully saturated rings. The average Bonchev–Trinajstić information content (AvgIpc) is 3.33. The zero-order valence-corrected chi connectivity index (χ0v) is 19.6. The Bertz CT molecular complexity index is 1470. The van der Waals surface area contributed by atoms with Crippen LogP contribution in [-0.2, 0) is 27.8 Å². The third-order valence-electron chi connectivity index (χ3n) is 5.75. The van der Waals surface area contributed by atoms with Crippen LogP contribution in [0.25, 0.3) is 0 Å². The fourth-order valence-corrected chi connectivity index (χ4v) is 5.57. The van der Waals surface area contributed by atoms with Crippen molar-refractivity contribution in [1.82, 2.24) is 0 Å². The molecule has 176 valence electrons. The van der Waals surface area contributed by atoms with Gasteiger partial charge in [0.25, 0.3) is 10.0 Å². The lowest BCUT2D eigenvalue weighted by Crippen LogP contribution is -2.29. The predicted octanol–water partition coefficient (Wildman–Crippen LogP) is 5.59. The molecule has 0 saturated heterocycles. The Hall–Kier alpha value is -4.10. The SMILES string of the molecule is O=C(OCc1cccc(Oc2ccccc2)c1)c1cccc(S(=O)(=O)N2CCc3ccccc32)c1. The van der Waals surface area contributed by atoms with Crippen molar-refractivity contribution in [2.24, 2.45) is 0 Å². The number of carbonyl (C=O) groups excluding carboxylic acids is 1. The normalized spacial score (nSPS) is 12.7. The zero-order valence-electron chi connectivity index (χ0n) is 18.8.